The average molecular weight is 346 g/mol. The minimum absolute atomic E-state index is 0.123. The molecule has 1 aliphatic rings. The Morgan fingerprint density at radius 1 is 1.53 bits per heavy atom. The minimum Gasteiger partial charge on any atom is -0.478 e. The Hall–Kier alpha value is -1.15. The summed E-state index contributed by atoms with van der Waals surface area (Å²) in [6.45, 7) is 0.374. The van der Waals surface area contributed by atoms with Gasteiger partial charge in [-0.25, -0.2) is 4.79 Å². The third-order valence-electron chi connectivity index (χ3n) is 2.64. The number of nitrogens with zero attached hydrogens (tertiary/aromatic N) is 1. The van der Waals surface area contributed by atoms with Crippen molar-refractivity contribution in [1.82, 2.24) is 0 Å². The molecule has 0 aliphatic carbocycles. The Kier molecular flexibility index (Phi) is 3.34. The number of hydrogen-bond acceptors (Lipinski definition) is 3. The quantitative estimate of drug-likeness (QED) is 0.785. The van der Waals surface area contributed by atoms with Gasteiger partial charge < -0.3 is 15.7 Å². The van der Waals surface area contributed by atoms with Crippen LogP contribution in [-0.4, -0.2) is 29.6 Å². The zero-order chi connectivity index (χ0) is 12.6. The summed E-state index contributed by atoms with van der Waals surface area (Å²) in [5, 5.41) is 9.10. The van der Waals surface area contributed by atoms with Gasteiger partial charge in [0.25, 0.3) is 0 Å². The molecule has 1 saturated heterocycles. The Morgan fingerprint density at radius 2 is 2.24 bits per heavy atom. The van der Waals surface area contributed by atoms with Gasteiger partial charge in [-0.15, -0.1) is 0 Å². The van der Waals surface area contributed by atoms with Gasteiger partial charge in [0, 0.05) is 22.6 Å². The predicted molar refractivity (Wildman–Crippen MR) is 71.1 cm³/mol. The third kappa shape index (κ3) is 2.42. The van der Waals surface area contributed by atoms with Gasteiger partial charge in [0.05, 0.1) is 11.3 Å². The van der Waals surface area contributed by atoms with E-state index in [-0.39, 0.29) is 23.9 Å². The van der Waals surface area contributed by atoms with Gasteiger partial charge in [0.2, 0.25) is 5.91 Å². The predicted octanol–water partition coefficient (Wildman–Crippen LogP) is 1.05. The molecule has 0 radical (unpaired) electrons. The average Bonchev–Trinajstić information content (AvgIpc) is 2.57. The second kappa shape index (κ2) is 4.61. The highest BCUT2D eigenvalue weighted by atomic mass is 127. The fourth-order valence-corrected chi connectivity index (χ4v) is 2.35. The monoisotopic (exact) mass is 346 g/mol. The second-order valence-corrected chi connectivity index (χ2v) is 5.18. The highest BCUT2D eigenvalue weighted by Gasteiger charge is 2.30. The number of hydrogen-bond donors (Lipinski definition) is 2. The van der Waals surface area contributed by atoms with Crippen molar-refractivity contribution in [3.63, 3.8) is 0 Å². The summed E-state index contributed by atoms with van der Waals surface area (Å²) in [6.07, 6.45) is 0.268. The van der Waals surface area contributed by atoms with E-state index in [1.807, 2.05) is 0 Å². The molecule has 2 rings (SSSR count). The van der Waals surface area contributed by atoms with Gasteiger partial charge in [0.1, 0.15) is 0 Å². The van der Waals surface area contributed by atoms with Crippen molar-refractivity contribution < 1.29 is 14.7 Å². The van der Waals surface area contributed by atoms with Crippen LogP contribution in [0, 0.1) is 3.57 Å². The molecule has 1 aliphatic heterocycles. The van der Waals surface area contributed by atoms with E-state index in [0.717, 1.165) is 3.57 Å². The summed E-state index contributed by atoms with van der Waals surface area (Å²) in [4.78, 5) is 24.3. The van der Waals surface area contributed by atoms with Crippen molar-refractivity contribution in [2.45, 2.75) is 12.5 Å². The van der Waals surface area contributed by atoms with Crippen molar-refractivity contribution in [2.75, 3.05) is 11.4 Å². The van der Waals surface area contributed by atoms with E-state index in [4.69, 9.17) is 10.8 Å². The Bertz CT molecular complexity index is 490. The van der Waals surface area contributed by atoms with Crippen LogP contribution in [0.5, 0.6) is 0 Å². The molecule has 0 spiro atoms. The standard InChI is InChI=1S/C11H11IN2O3/c12-6-1-2-8(11(16)17)9(3-6)14-5-7(13)4-10(14)15/h1-3,7H,4-5,13H2,(H,16,17). The molecule has 1 aromatic rings. The van der Waals surface area contributed by atoms with E-state index >= 15 is 0 Å². The van der Waals surface area contributed by atoms with Crippen LogP contribution in [0.4, 0.5) is 5.69 Å². The van der Waals surface area contributed by atoms with Crippen molar-refractivity contribution in [2.24, 2.45) is 5.73 Å². The fourth-order valence-electron chi connectivity index (χ4n) is 1.88. The van der Waals surface area contributed by atoms with E-state index in [1.165, 1.54) is 11.0 Å². The minimum atomic E-state index is -1.04. The highest BCUT2D eigenvalue weighted by Crippen LogP contribution is 2.27. The topological polar surface area (TPSA) is 83.6 Å². The normalized spacial score (nSPS) is 19.8. The van der Waals surface area contributed by atoms with Gasteiger partial charge in [-0.3, -0.25) is 4.79 Å². The molecule has 1 heterocycles. The number of nitrogens with two attached hydrogens (primary N) is 1. The maximum Gasteiger partial charge on any atom is 0.337 e. The number of carbonyl (C=O) groups excluding carboxylic acids is 1. The van der Waals surface area contributed by atoms with Crippen LogP contribution >= 0.6 is 22.6 Å². The lowest BCUT2D eigenvalue weighted by atomic mass is 10.1. The molecular formula is C11H11IN2O3. The van der Waals surface area contributed by atoms with Gasteiger partial charge in [-0.1, -0.05) is 0 Å². The zero-order valence-electron chi connectivity index (χ0n) is 8.89. The smallest absolute Gasteiger partial charge is 0.337 e. The molecule has 17 heavy (non-hydrogen) atoms. The summed E-state index contributed by atoms with van der Waals surface area (Å²) < 4.78 is 0.885. The van der Waals surface area contributed by atoms with E-state index in [0.29, 0.717) is 12.2 Å². The molecule has 90 valence electrons. The van der Waals surface area contributed by atoms with Crippen LogP contribution in [0.25, 0.3) is 0 Å². The largest absolute Gasteiger partial charge is 0.478 e. The molecule has 1 amide bonds. The van der Waals surface area contributed by atoms with E-state index < -0.39 is 5.97 Å². The first-order valence-corrected chi connectivity index (χ1v) is 6.15. The first kappa shape index (κ1) is 12.3. The fraction of sp³-hybridized carbons (Fsp3) is 0.273. The molecule has 0 aromatic heterocycles. The van der Waals surface area contributed by atoms with Crippen molar-refractivity contribution in [3.8, 4) is 0 Å². The number of anilines is 1. The number of carboxylic acids is 1. The van der Waals surface area contributed by atoms with Crippen molar-refractivity contribution in [3.05, 3.63) is 27.3 Å². The number of carbonyl (C=O) groups is 2. The van der Waals surface area contributed by atoms with E-state index in [1.54, 1.807) is 12.1 Å². The molecule has 1 aromatic carbocycles. The van der Waals surface area contributed by atoms with Crippen LogP contribution in [-0.2, 0) is 4.79 Å². The number of rotatable bonds is 2. The molecule has 1 unspecified atom stereocenters. The molecular weight excluding hydrogens is 335 g/mol. The molecule has 6 heteroatoms. The van der Waals surface area contributed by atoms with Gasteiger partial charge in [0.15, 0.2) is 0 Å². The van der Waals surface area contributed by atoms with E-state index in [2.05, 4.69) is 22.6 Å². The summed E-state index contributed by atoms with van der Waals surface area (Å²) in [7, 11) is 0. The zero-order valence-corrected chi connectivity index (χ0v) is 11.0. The molecule has 3 N–H and O–H groups in total. The lowest BCUT2D eigenvalue weighted by Crippen LogP contribution is -2.29. The van der Waals surface area contributed by atoms with Crippen LogP contribution in [0.2, 0.25) is 0 Å². The first-order valence-electron chi connectivity index (χ1n) is 5.08. The van der Waals surface area contributed by atoms with E-state index in [9.17, 15) is 9.59 Å². The summed E-state index contributed by atoms with van der Waals surface area (Å²) in [5.41, 5.74) is 6.27. The molecule has 0 saturated carbocycles. The van der Waals surface area contributed by atoms with Crippen LogP contribution in [0.15, 0.2) is 18.2 Å². The SMILES string of the molecule is NC1CC(=O)N(c2cc(I)ccc2C(=O)O)C1. The summed E-state index contributed by atoms with van der Waals surface area (Å²) >= 11 is 2.08. The van der Waals surface area contributed by atoms with Gasteiger partial charge in [-0.2, -0.15) is 0 Å². The Labute approximate surface area is 112 Å². The van der Waals surface area contributed by atoms with Gasteiger partial charge in [-0.05, 0) is 40.8 Å². The molecule has 0 bridgehead atoms. The van der Waals surface area contributed by atoms with Gasteiger partial charge >= 0.3 is 5.97 Å². The first-order chi connectivity index (χ1) is 7.99. The maximum absolute atomic E-state index is 11.7. The molecule has 1 atom stereocenters. The second-order valence-electron chi connectivity index (χ2n) is 3.94. The number of halogens is 1. The third-order valence-corrected chi connectivity index (χ3v) is 3.31. The lowest BCUT2D eigenvalue weighted by molar-refractivity contribution is -0.117. The number of amides is 1. The Morgan fingerprint density at radius 3 is 2.76 bits per heavy atom. The van der Waals surface area contributed by atoms with Crippen molar-refractivity contribution >= 4 is 40.2 Å². The van der Waals surface area contributed by atoms with Crippen LogP contribution < -0.4 is 10.6 Å². The Balaban J connectivity index is 2.46. The van der Waals surface area contributed by atoms with Crippen LogP contribution in [0.1, 0.15) is 16.8 Å². The number of aromatic carboxylic acids is 1. The van der Waals surface area contributed by atoms with Crippen LogP contribution in [0.3, 0.4) is 0 Å². The maximum atomic E-state index is 11.7. The summed E-state index contributed by atoms with van der Waals surface area (Å²) in [5.74, 6) is -1.16. The number of benzene rings is 1. The number of carboxylic acid groups (broad SMARTS) is 1. The molecule has 1 fully saturated rings. The summed E-state index contributed by atoms with van der Waals surface area (Å²) in [6, 6.07) is 4.69. The highest BCUT2D eigenvalue weighted by molar-refractivity contribution is 14.1. The van der Waals surface area contributed by atoms with Crippen molar-refractivity contribution in [1.29, 1.82) is 0 Å². The molecule has 5 nitrogen and oxygen atoms in total. The lowest BCUT2D eigenvalue weighted by Gasteiger charge is -2.18.